The van der Waals surface area contributed by atoms with Gasteiger partial charge >= 0.3 is 6.61 Å². The molecular formula is C23H30F2IN3O4. The summed E-state index contributed by atoms with van der Waals surface area (Å²) in [5.74, 6) is 2.19. The minimum absolute atomic E-state index is 0. The molecule has 3 N–H and O–H groups in total. The molecule has 182 valence electrons. The number of hydrogen-bond acceptors (Lipinski definition) is 5. The van der Waals surface area contributed by atoms with Crippen LogP contribution < -0.4 is 24.8 Å². The molecule has 0 saturated heterocycles. The smallest absolute Gasteiger partial charge is 0.387 e. The number of ether oxygens (including phenoxy) is 3. The van der Waals surface area contributed by atoms with Gasteiger partial charge < -0.3 is 30.0 Å². The summed E-state index contributed by atoms with van der Waals surface area (Å²) in [5, 5.41) is 16.7. The lowest BCUT2D eigenvalue weighted by Crippen LogP contribution is -2.39. The number of nitrogens with zero attached hydrogens (tertiary/aromatic N) is 1. The summed E-state index contributed by atoms with van der Waals surface area (Å²) in [6.07, 6.45) is 0.140. The Bertz CT molecular complexity index is 929. The molecule has 0 aliphatic carbocycles. The Morgan fingerprint density at radius 2 is 1.97 bits per heavy atom. The van der Waals surface area contributed by atoms with Gasteiger partial charge in [0, 0.05) is 30.6 Å². The first-order valence-electron chi connectivity index (χ1n) is 10.5. The maximum atomic E-state index is 12.3. The standard InChI is InChI=1S/C23H29F2N3O4.HI/c1-4-26-23(28-13-19(29)15-5-7-18(8-6-15)32-22(24)25)27-12-17-11-21-16(9-14(2)31-21)10-20(17)30-3;/h5-8,10-11,14,19,22,29H,4,9,12-13H2,1-3H3,(H2,26,27,28);1H. The normalized spacial score (nSPS) is 15.8. The molecule has 0 spiro atoms. The lowest BCUT2D eigenvalue weighted by molar-refractivity contribution is -0.0498. The van der Waals surface area contributed by atoms with Crippen LogP contribution in [0.4, 0.5) is 8.78 Å². The number of guanidine groups is 1. The Kier molecular flexibility index (Phi) is 10.4. The number of aliphatic imine (C=N–C) groups is 1. The van der Waals surface area contributed by atoms with Crippen LogP contribution in [-0.4, -0.2) is 44.0 Å². The van der Waals surface area contributed by atoms with Crippen LogP contribution in [0.5, 0.6) is 17.2 Å². The molecule has 1 aliphatic rings. The number of rotatable bonds is 9. The number of hydrogen-bond donors (Lipinski definition) is 3. The topological polar surface area (TPSA) is 84.3 Å². The first kappa shape index (κ1) is 26.9. The SMILES string of the molecule is CCNC(=NCc1cc2c(cc1OC)CC(C)O2)NCC(O)c1ccc(OC(F)F)cc1.I. The van der Waals surface area contributed by atoms with Crippen LogP contribution in [0.25, 0.3) is 0 Å². The second kappa shape index (κ2) is 12.8. The summed E-state index contributed by atoms with van der Waals surface area (Å²) in [4.78, 5) is 4.59. The van der Waals surface area contributed by atoms with Gasteiger partial charge in [-0.15, -0.1) is 24.0 Å². The number of methoxy groups -OCH3 is 1. The van der Waals surface area contributed by atoms with E-state index in [2.05, 4.69) is 20.4 Å². The minimum atomic E-state index is -2.88. The van der Waals surface area contributed by atoms with Gasteiger partial charge in [0.2, 0.25) is 0 Å². The largest absolute Gasteiger partial charge is 0.496 e. The van der Waals surface area contributed by atoms with Gasteiger partial charge in [-0.05, 0) is 43.7 Å². The zero-order valence-corrected chi connectivity index (χ0v) is 21.1. The average Bonchev–Trinajstić information content (AvgIpc) is 3.13. The van der Waals surface area contributed by atoms with Crippen LogP contribution in [0.1, 0.15) is 36.6 Å². The van der Waals surface area contributed by atoms with E-state index in [0.29, 0.717) is 24.6 Å². The fraction of sp³-hybridized carbons (Fsp3) is 0.435. The number of nitrogens with one attached hydrogen (secondary N) is 2. The summed E-state index contributed by atoms with van der Waals surface area (Å²) >= 11 is 0. The molecule has 3 rings (SSSR count). The van der Waals surface area contributed by atoms with Crippen LogP contribution in [0.3, 0.4) is 0 Å². The molecule has 2 aromatic rings. The highest BCUT2D eigenvalue weighted by Gasteiger charge is 2.21. The molecule has 1 heterocycles. The Morgan fingerprint density at radius 1 is 1.24 bits per heavy atom. The van der Waals surface area contributed by atoms with Crippen molar-refractivity contribution in [3.63, 3.8) is 0 Å². The molecule has 0 radical (unpaired) electrons. The van der Waals surface area contributed by atoms with Crippen LogP contribution >= 0.6 is 24.0 Å². The van der Waals surface area contributed by atoms with Gasteiger partial charge in [-0.1, -0.05) is 12.1 Å². The number of aliphatic hydroxyl groups is 1. The molecular weight excluding hydrogens is 547 g/mol. The van der Waals surface area contributed by atoms with E-state index in [1.165, 1.54) is 12.1 Å². The summed E-state index contributed by atoms with van der Waals surface area (Å²) in [7, 11) is 1.63. The molecule has 33 heavy (non-hydrogen) atoms. The van der Waals surface area contributed by atoms with Crippen molar-refractivity contribution in [2.45, 2.75) is 45.6 Å². The maximum absolute atomic E-state index is 12.3. The highest BCUT2D eigenvalue weighted by Crippen LogP contribution is 2.35. The Balaban J connectivity index is 0.00000385. The second-order valence-electron chi connectivity index (χ2n) is 7.44. The van der Waals surface area contributed by atoms with Gasteiger partial charge in [-0.3, -0.25) is 0 Å². The molecule has 0 amide bonds. The lowest BCUT2D eigenvalue weighted by atomic mass is 10.1. The van der Waals surface area contributed by atoms with Crippen LogP contribution in [0.15, 0.2) is 41.4 Å². The van der Waals surface area contributed by atoms with Crippen molar-refractivity contribution in [3.8, 4) is 17.2 Å². The van der Waals surface area contributed by atoms with Gasteiger partial charge in [-0.2, -0.15) is 8.78 Å². The third kappa shape index (κ3) is 7.60. The van der Waals surface area contributed by atoms with Crippen molar-refractivity contribution in [3.05, 3.63) is 53.1 Å². The summed E-state index contributed by atoms with van der Waals surface area (Å²) in [6.45, 7) is 2.28. The molecule has 0 fully saturated rings. The van der Waals surface area contributed by atoms with Crippen molar-refractivity contribution < 1.29 is 28.1 Å². The molecule has 0 saturated carbocycles. The van der Waals surface area contributed by atoms with Gasteiger partial charge in [0.05, 0.1) is 19.8 Å². The predicted molar refractivity (Wildman–Crippen MR) is 133 cm³/mol. The maximum Gasteiger partial charge on any atom is 0.387 e. The highest BCUT2D eigenvalue weighted by atomic mass is 127. The van der Waals surface area contributed by atoms with E-state index in [-0.39, 0.29) is 42.4 Å². The first-order chi connectivity index (χ1) is 15.4. The zero-order chi connectivity index (χ0) is 23.1. The Morgan fingerprint density at radius 3 is 2.61 bits per heavy atom. The summed E-state index contributed by atoms with van der Waals surface area (Å²) < 4.78 is 40.2. The van der Waals surface area contributed by atoms with Crippen molar-refractivity contribution in [2.75, 3.05) is 20.2 Å². The second-order valence-corrected chi connectivity index (χ2v) is 7.44. The third-order valence-corrected chi connectivity index (χ3v) is 5.00. The molecule has 2 unspecified atom stereocenters. The third-order valence-electron chi connectivity index (χ3n) is 5.00. The Labute approximate surface area is 209 Å². The van der Waals surface area contributed by atoms with E-state index in [1.54, 1.807) is 19.2 Å². The van der Waals surface area contributed by atoms with Gasteiger partial charge in [0.25, 0.3) is 0 Å². The molecule has 0 bridgehead atoms. The van der Waals surface area contributed by atoms with Gasteiger partial charge in [0.15, 0.2) is 5.96 Å². The van der Waals surface area contributed by atoms with E-state index in [9.17, 15) is 13.9 Å². The van der Waals surface area contributed by atoms with E-state index in [4.69, 9.17) is 9.47 Å². The number of benzene rings is 2. The lowest BCUT2D eigenvalue weighted by Gasteiger charge is -2.16. The van der Waals surface area contributed by atoms with Gasteiger partial charge in [-0.25, -0.2) is 4.99 Å². The van der Waals surface area contributed by atoms with Crippen LogP contribution in [0, 0.1) is 0 Å². The fourth-order valence-corrected chi connectivity index (χ4v) is 3.48. The van der Waals surface area contributed by atoms with Crippen molar-refractivity contribution >= 4 is 29.9 Å². The summed E-state index contributed by atoms with van der Waals surface area (Å²) in [5.41, 5.74) is 2.59. The van der Waals surface area contributed by atoms with E-state index in [1.807, 2.05) is 26.0 Å². The highest BCUT2D eigenvalue weighted by molar-refractivity contribution is 14.0. The predicted octanol–water partition coefficient (Wildman–Crippen LogP) is 4.03. The zero-order valence-electron chi connectivity index (χ0n) is 18.8. The van der Waals surface area contributed by atoms with Crippen molar-refractivity contribution in [1.82, 2.24) is 10.6 Å². The van der Waals surface area contributed by atoms with Crippen LogP contribution in [0.2, 0.25) is 0 Å². The molecule has 0 aromatic heterocycles. The van der Waals surface area contributed by atoms with E-state index in [0.717, 1.165) is 29.0 Å². The fourth-order valence-electron chi connectivity index (χ4n) is 3.48. The molecule has 2 atom stereocenters. The number of alkyl halides is 2. The number of halogens is 3. The minimum Gasteiger partial charge on any atom is -0.496 e. The van der Waals surface area contributed by atoms with E-state index >= 15 is 0 Å². The summed E-state index contributed by atoms with van der Waals surface area (Å²) in [6, 6.07) is 9.84. The molecule has 7 nitrogen and oxygen atoms in total. The molecule has 10 heteroatoms. The number of aliphatic hydroxyl groups excluding tert-OH is 1. The van der Waals surface area contributed by atoms with Crippen molar-refractivity contribution in [1.29, 1.82) is 0 Å². The monoisotopic (exact) mass is 577 g/mol. The Hall–Kier alpha value is -2.34. The first-order valence-corrected chi connectivity index (χ1v) is 10.5. The quantitative estimate of drug-likeness (QED) is 0.237. The number of fused-ring (bicyclic) bond motifs is 1. The van der Waals surface area contributed by atoms with Crippen LogP contribution in [-0.2, 0) is 13.0 Å². The van der Waals surface area contributed by atoms with E-state index < -0.39 is 12.7 Å². The molecule has 1 aliphatic heterocycles. The van der Waals surface area contributed by atoms with Gasteiger partial charge in [0.1, 0.15) is 23.4 Å². The average molecular weight is 577 g/mol. The molecule has 2 aromatic carbocycles. The van der Waals surface area contributed by atoms with Crippen molar-refractivity contribution in [2.24, 2.45) is 4.99 Å².